The minimum absolute atomic E-state index is 0. The number of rotatable bonds is 0. The zero-order chi connectivity index (χ0) is 9.54. The summed E-state index contributed by atoms with van der Waals surface area (Å²) in [6.45, 7) is 0. The maximum Gasteiger partial charge on any atom is 0.166 e. The molecule has 0 aliphatic heterocycles. The van der Waals surface area contributed by atoms with Crippen LogP contribution >= 0.6 is 12.4 Å². The average molecular weight is 224 g/mol. The van der Waals surface area contributed by atoms with Gasteiger partial charge in [-0.2, -0.15) is 0 Å². The molecule has 3 rings (SSSR count). The number of imidazole rings is 1. The molecule has 0 saturated carbocycles. The van der Waals surface area contributed by atoms with E-state index in [1.165, 1.54) is 0 Å². The van der Waals surface area contributed by atoms with E-state index in [0.29, 0.717) is 5.82 Å². The highest BCUT2D eigenvalue weighted by atomic mass is 35.5. The van der Waals surface area contributed by atoms with Gasteiger partial charge in [0, 0.05) is 6.20 Å². The summed E-state index contributed by atoms with van der Waals surface area (Å²) < 4.78 is 1.92. The Morgan fingerprint density at radius 1 is 1.07 bits per heavy atom. The fraction of sp³-hybridized carbons (Fsp3) is 0. The first-order valence-corrected chi connectivity index (χ1v) is 4.34. The van der Waals surface area contributed by atoms with Gasteiger partial charge in [-0.25, -0.2) is 9.97 Å². The zero-order valence-electron chi connectivity index (χ0n) is 7.79. The van der Waals surface area contributed by atoms with Crippen LogP contribution in [0.1, 0.15) is 0 Å². The molecule has 76 valence electrons. The van der Waals surface area contributed by atoms with Gasteiger partial charge < -0.3 is 5.73 Å². The molecule has 0 unspecified atom stereocenters. The molecule has 0 bridgehead atoms. The lowest BCUT2D eigenvalue weighted by Crippen LogP contribution is -1.91. The normalized spacial score (nSPS) is 10.4. The molecular weight excluding hydrogens is 215 g/mol. The van der Waals surface area contributed by atoms with Crippen molar-refractivity contribution < 1.29 is 0 Å². The van der Waals surface area contributed by atoms with E-state index < -0.39 is 0 Å². The number of nitrogens with zero attached hydrogens (tertiary/aromatic N) is 3. The fourth-order valence-corrected chi connectivity index (χ4v) is 1.55. The predicted octanol–water partition coefficient (Wildman–Crippen LogP) is 1.89. The largest absolute Gasteiger partial charge is 0.384 e. The van der Waals surface area contributed by atoms with Crippen LogP contribution in [0.25, 0.3) is 16.8 Å². The van der Waals surface area contributed by atoms with Crippen molar-refractivity contribution in [2.75, 3.05) is 5.73 Å². The molecule has 0 aromatic carbocycles. The number of fused-ring (bicyclic) bond motifs is 3. The summed E-state index contributed by atoms with van der Waals surface area (Å²) in [7, 11) is 0. The molecular formula is C10H9ClN4. The Balaban J connectivity index is 0.000000853. The molecule has 0 aliphatic rings. The second-order valence-electron chi connectivity index (χ2n) is 3.12. The number of aromatic nitrogens is 3. The second kappa shape index (κ2) is 3.40. The maximum absolute atomic E-state index is 5.62. The van der Waals surface area contributed by atoms with E-state index in [-0.39, 0.29) is 12.4 Å². The Morgan fingerprint density at radius 2 is 1.93 bits per heavy atom. The van der Waals surface area contributed by atoms with Gasteiger partial charge in [-0.3, -0.25) is 4.40 Å². The molecule has 5 heteroatoms. The predicted molar refractivity (Wildman–Crippen MR) is 62.2 cm³/mol. The number of halogens is 1. The van der Waals surface area contributed by atoms with Gasteiger partial charge in [-0.1, -0.05) is 6.07 Å². The first kappa shape index (κ1) is 9.73. The summed E-state index contributed by atoms with van der Waals surface area (Å²) in [5.74, 6) is 0.517. The van der Waals surface area contributed by atoms with Crippen LogP contribution in [-0.2, 0) is 0 Å². The van der Waals surface area contributed by atoms with Crippen molar-refractivity contribution in [2.45, 2.75) is 0 Å². The Morgan fingerprint density at radius 3 is 2.80 bits per heavy atom. The van der Waals surface area contributed by atoms with E-state index in [1.54, 1.807) is 6.07 Å². The van der Waals surface area contributed by atoms with Crippen LogP contribution in [0.2, 0.25) is 0 Å². The molecule has 0 saturated heterocycles. The van der Waals surface area contributed by atoms with Crippen molar-refractivity contribution in [2.24, 2.45) is 0 Å². The van der Waals surface area contributed by atoms with Crippen molar-refractivity contribution >= 4 is 35.0 Å². The Labute approximate surface area is 92.2 Å². The van der Waals surface area contributed by atoms with Crippen molar-refractivity contribution in [1.82, 2.24) is 14.4 Å². The molecule has 4 nitrogen and oxygen atoms in total. The van der Waals surface area contributed by atoms with Crippen molar-refractivity contribution in [1.29, 1.82) is 0 Å². The third-order valence-electron chi connectivity index (χ3n) is 2.18. The molecule has 3 aromatic heterocycles. The van der Waals surface area contributed by atoms with E-state index in [4.69, 9.17) is 5.73 Å². The molecule has 0 fully saturated rings. The molecule has 2 N–H and O–H groups in total. The number of anilines is 1. The lowest BCUT2D eigenvalue weighted by molar-refractivity contribution is 1.19. The molecule has 0 aliphatic carbocycles. The fourth-order valence-electron chi connectivity index (χ4n) is 1.55. The molecule has 0 amide bonds. The molecule has 3 aromatic rings. The van der Waals surface area contributed by atoms with Crippen LogP contribution < -0.4 is 5.73 Å². The van der Waals surface area contributed by atoms with E-state index in [9.17, 15) is 0 Å². The number of hydrogen-bond acceptors (Lipinski definition) is 3. The van der Waals surface area contributed by atoms with Crippen LogP contribution in [-0.4, -0.2) is 14.4 Å². The number of pyridine rings is 2. The van der Waals surface area contributed by atoms with Gasteiger partial charge in [-0.15, -0.1) is 12.4 Å². The summed E-state index contributed by atoms with van der Waals surface area (Å²) in [4.78, 5) is 8.64. The van der Waals surface area contributed by atoms with Gasteiger partial charge in [0.25, 0.3) is 0 Å². The topological polar surface area (TPSA) is 56.2 Å². The van der Waals surface area contributed by atoms with Crippen LogP contribution in [0.15, 0.2) is 36.5 Å². The highest BCUT2D eigenvalue weighted by Gasteiger charge is 2.03. The van der Waals surface area contributed by atoms with Crippen LogP contribution in [0.4, 0.5) is 5.82 Å². The summed E-state index contributed by atoms with van der Waals surface area (Å²) in [5, 5.41) is 0. The minimum Gasteiger partial charge on any atom is -0.384 e. The summed E-state index contributed by atoms with van der Waals surface area (Å²) in [5.41, 5.74) is 8.18. The third-order valence-corrected chi connectivity index (χ3v) is 2.18. The number of nitrogen functional groups attached to an aromatic ring is 1. The SMILES string of the molecule is Cl.N[13c]1[13cH][13cH]c2nc3ccccn3c2n1. The van der Waals surface area contributed by atoms with E-state index in [2.05, 4.69) is 9.97 Å². The molecule has 15 heavy (non-hydrogen) atoms. The lowest BCUT2D eigenvalue weighted by atomic mass is 10.5. The van der Waals surface area contributed by atoms with Crippen molar-refractivity contribution in [3.8, 4) is 0 Å². The molecule has 0 atom stereocenters. The Hall–Kier alpha value is -1.81. The first-order chi connectivity index (χ1) is 6.84. The van der Waals surface area contributed by atoms with E-state index in [0.717, 1.165) is 16.8 Å². The molecule has 0 spiro atoms. The van der Waals surface area contributed by atoms with Gasteiger partial charge in [0.15, 0.2) is 5.65 Å². The van der Waals surface area contributed by atoms with Crippen LogP contribution in [0.3, 0.4) is 0 Å². The average Bonchev–Trinajstić information content (AvgIpc) is 2.56. The first-order valence-electron chi connectivity index (χ1n) is 4.34. The number of nitrogens with two attached hydrogens (primary N) is 1. The summed E-state index contributed by atoms with van der Waals surface area (Å²) in [6.07, 6.45) is 1.93. The Bertz CT molecular complexity index is 617. The second-order valence-corrected chi connectivity index (χ2v) is 3.12. The van der Waals surface area contributed by atoms with Crippen LogP contribution in [0, 0.1) is 0 Å². The number of hydrogen-bond donors (Lipinski definition) is 1. The highest BCUT2D eigenvalue weighted by Crippen LogP contribution is 2.15. The standard InChI is InChI=1S/C10H8N4.ClH/c11-8-5-4-7-10(13-8)14-6-2-1-3-9(14)12-7;/h1-6H,(H2,11,13);1H/i4+1,5+1,8+1;. The monoisotopic (exact) mass is 223 g/mol. The van der Waals surface area contributed by atoms with Gasteiger partial charge >= 0.3 is 0 Å². The third kappa shape index (κ3) is 1.39. The Kier molecular flexibility index (Phi) is 2.21. The van der Waals surface area contributed by atoms with Gasteiger partial charge in [-0.05, 0) is 24.3 Å². The molecule has 0 radical (unpaired) electrons. The summed E-state index contributed by atoms with van der Waals surface area (Å²) >= 11 is 0. The summed E-state index contributed by atoms with van der Waals surface area (Å²) in [6, 6.07) is 9.47. The van der Waals surface area contributed by atoms with E-state index in [1.807, 2.05) is 34.9 Å². The van der Waals surface area contributed by atoms with E-state index >= 15 is 0 Å². The lowest BCUT2D eigenvalue weighted by Gasteiger charge is -1.93. The van der Waals surface area contributed by atoms with Crippen molar-refractivity contribution in [3.63, 3.8) is 0 Å². The zero-order valence-corrected chi connectivity index (χ0v) is 8.61. The molecule has 3 heterocycles. The quantitative estimate of drug-likeness (QED) is 0.633. The van der Waals surface area contributed by atoms with Crippen LogP contribution in [0.5, 0.6) is 0 Å². The highest BCUT2D eigenvalue weighted by molar-refractivity contribution is 5.85. The van der Waals surface area contributed by atoms with Crippen molar-refractivity contribution in [3.05, 3.63) is 36.5 Å². The van der Waals surface area contributed by atoms with Gasteiger partial charge in [0.1, 0.15) is 17.0 Å². The van der Waals surface area contributed by atoms with Gasteiger partial charge in [0.2, 0.25) is 0 Å². The smallest absolute Gasteiger partial charge is 0.166 e. The minimum atomic E-state index is 0. The van der Waals surface area contributed by atoms with Gasteiger partial charge in [0.05, 0.1) is 0 Å². The maximum atomic E-state index is 5.62.